The first-order valence-electron chi connectivity index (χ1n) is 9.57. The highest BCUT2D eigenvalue weighted by Gasteiger charge is 2.17. The molecular weight excluding hydrogens is 366 g/mol. The summed E-state index contributed by atoms with van der Waals surface area (Å²) < 4.78 is 3.50. The van der Waals surface area contributed by atoms with Crippen LogP contribution in [-0.4, -0.2) is 52.1 Å². The van der Waals surface area contributed by atoms with Crippen molar-refractivity contribution in [2.24, 2.45) is 7.05 Å². The third kappa shape index (κ3) is 5.00. The molecule has 0 aliphatic heterocycles. The quantitative estimate of drug-likeness (QED) is 0.665. The molecule has 0 radical (unpaired) electrons. The van der Waals surface area contributed by atoms with Crippen molar-refractivity contribution in [3.05, 3.63) is 76.0 Å². The molecule has 2 aromatic heterocycles. The Kier molecular flexibility index (Phi) is 6.29. The smallest absolute Gasteiger partial charge is 0.271 e. The van der Waals surface area contributed by atoms with Crippen LogP contribution in [0.15, 0.2) is 53.6 Å². The summed E-state index contributed by atoms with van der Waals surface area (Å²) in [6, 6.07) is 11.8. The van der Waals surface area contributed by atoms with Crippen molar-refractivity contribution in [1.82, 2.24) is 24.3 Å². The molecule has 3 rings (SSSR count). The number of benzene rings is 1. The van der Waals surface area contributed by atoms with Gasteiger partial charge in [-0.05, 0) is 32.6 Å². The van der Waals surface area contributed by atoms with Gasteiger partial charge in [0.05, 0.1) is 0 Å². The molecule has 0 aliphatic rings. The summed E-state index contributed by atoms with van der Waals surface area (Å²) in [5.74, 6) is 0.451. The van der Waals surface area contributed by atoms with Gasteiger partial charge in [-0.15, -0.1) is 0 Å². The summed E-state index contributed by atoms with van der Waals surface area (Å²) in [5, 5.41) is 2.91. The number of nitrogens with zero attached hydrogens (tertiary/aromatic N) is 4. The van der Waals surface area contributed by atoms with E-state index in [4.69, 9.17) is 0 Å². The SMILES string of the molecule is Cc1cc(-c2nc(C(=O)NCCN(C)C)cn2Cc2ccccc2)cn(C)c1=O. The molecule has 7 heteroatoms. The highest BCUT2D eigenvalue weighted by molar-refractivity contribution is 5.92. The van der Waals surface area contributed by atoms with E-state index in [0.29, 0.717) is 30.2 Å². The molecule has 3 aromatic rings. The van der Waals surface area contributed by atoms with Crippen molar-refractivity contribution >= 4 is 5.91 Å². The maximum absolute atomic E-state index is 12.6. The zero-order valence-corrected chi connectivity index (χ0v) is 17.3. The van der Waals surface area contributed by atoms with Crippen molar-refractivity contribution in [1.29, 1.82) is 0 Å². The van der Waals surface area contributed by atoms with Crippen molar-refractivity contribution < 1.29 is 4.79 Å². The van der Waals surface area contributed by atoms with Gasteiger partial charge in [-0.3, -0.25) is 9.59 Å². The maximum atomic E-state index is 12.6. The zero-order chi connectivity index (χ0) is 21.0. The molecule has 0 spiro atoms. The van der Waals surface area contributed by atoms with Crippen LogP contribution in [0.25, 0.3) is 11.4 Å². The summed E-state index contributed by atoms with van der Waals surface area (Å²) in [6.07, 6.45) is 3.53. The lowest BCUT2D eigenvalue weighted by Gasteiger charge is -2.10. The van der Waals surface area contributed by atoms with Gasteiger partial charge in [-0.25, -0.2) is 4.98 Å². The number of nitrogens with one attached hydrogen (secondary N) is 1. The second-order valence-corrected chi connectivity index (χ2v) is 7.45. The standard InChI is InChI=1S/C22H27N5O2/c1-16-12-18(14-26(4)22(16)29)20-24-19(21(28)23-10-11-25(2)3)15-27(20)13-17-8-6-5-7-9-17/h5-9,12,14-15H,10-11,13H2,1-4H3,(H,23,28). The highest BCUT2D eigenvalue weighted by Crippen LogP contribution is 2.20. The van der Waals surface area contributed by atoms with Crippen molar-refractivity contribution in [2.75, 3.05) is 27.2 Å². The van der Waals surface area contributed by atoms with E-state index in [1.165, 1.54) is 0 Å². The van der Waals surface area contributed by atoms with Crippen LogP contribution >= 0.6 is 0 Å². The average molecular weight is 393 g/mol. The number of pyridine rings is 1. The van der Waals surface area contributed by atoms with E-state index in [2.05, 4.69) is 10.3 Å². The average Bonchev–Trinajstić information content (AvgIpc) is 3.10. The number of carbonyl (C=O) groups is 1. The number of hydrogen-bond acceptors (Lipinski definition) is 4. The third-order valence-corrected chi connectivity index (χ3v) is 4.67. The number of imidazole rings is 1. The fourth-order valence-electron chi connectivity index (χ4n) is 3.14. The van der Waals surface area contributed by atoms with Crippen molar-refractivity contribution in [3.8, 4) is 11.4 Å². The van der Waals surface area contributed by atoms with Gasteiger partial charge >= 0.3 is 0 Å². The van der Waals surface area contributed by atoms with Crippen LogP contribution < -0.4 is 10.9 Å². The summed E-state index contributed by atoms with van der Waals surface area (Å²) in [6.45, 7) is 3.66. The van der Waals surface area contributed by atoms with Gasteiger partial charge in [0.1, 0.15) is 11.5 Å². The largest absolute Gasteiger partial charge is 0.349 e. The molecule has 1 amide bonds. The fourth-order valence-corrected chi connectivity index (χ4v) is 3.14. The molecule has 0 bridgehead atoms. The number of likely N-dealkylation sites (N-methyl/N-ethyl adjacent to an activating group) is 1. The lowest BCUT2D eigenvalue weighted by atomic mass is 10.2. The molecule has 152 valence electrons. The highest BCUT2D eigenvalue weighted by atomic mass is 16.2. The van der Waals surface area contributed by atoms with Crippen molar-refractivity contribution in [3.63, 3.8) is 0 Å². The Labute approximate surface area is 170 Å². The van der Waals surface area contributed by atoms with Crippen LogP contribution in [0.4, 0.5) is 0 Å². The normalized spacial score (nSPS) is 11.1. The number of carbonyl (C=O) groups excluding carboxylic acids is 1. The minimum Gasteiger partial charge on any atom is -0.349 e. The summed E-state index contributed by atoms with van der Waals surface area (Å²) in [4.78, 5) is 31.3. The lowest BCUT2D eigenvalue weighted by Crippen LogP contribution is -2.31. The van der Waals surface area contributed by atoms with E-state index in [0.717, 1.165) is 17.7 Å². The van der Waals surface area contributed by atoms with E-state index in [-0.39, 0.29) is 11.5 Å². The van der Waals surface area contributed by atoms with Crippen LogP contribution in [0.3, 0.4) is 0 Å². The van der Waals surface area contributed by atoms with Gasteiger partial charge in [-0.2, -0.15) is 0 Å². The maximum Gasteiger partial charge on any atom is 0.271 e. The molecule has 0 aliphatic carbocycles. The minimum atomic E-state index is -0.207. The first-order chi connectivity index (χ1) is 13.8. The fraction of sp³-hybridized carbons (Fsp3) is 0.318. The first-order valence-corrected chi connectivity index (χ1v) is 9.57. The first kappa shape index (κ1) is 20.5. The molecule has 0 saturated carbocycles. The summed E-state index contributed by atoms with van der Waals surface area (Å²) in [7, 11) is 5.64. The van der Waals surface area contributed by atoms with Gasteiger partial charge in [0.15, 0.2) is 0 Å². The van der Waals surface area contributed by atoms with Crippen LogP contribution in [0.5, 0.6) is 0 Å². The number of aromatic nitrogens is 3. The molecule has 0 fully saturated rings. The van der Waals surface area contributed by atoms with Gasteiger partial charge in [-0.1, -0.05) is 30.3 Å². The molecule has 29 heavy (non-hydrogen) atoms. The molecule has 7 nitrogen and oxygen atoms in total. The Hall–Kier alpha value is -3.19. The summed E-state index contributed by atoms with van der Waals surface area (Å²) in [5.41, 5.74) is 2.86. The van der Waals surface area contributed by atoms with Crippen LogP contribution in [0, 0.1) is 6.92 Å². The van der Waals surface area contributed by atoms with Gasteiger partial charge < -0.3 is 19.4 Å². The van der Waals surface area contributed by atoms with E-state index in [9.17, 15) is 9.59 Å². The van der Waals surface area contributed by atoms with Crippen LogP contribution in [0.2, 0.25) is 0 Å². The monoisotopic (exact) mass is 393 g/mol. The van der Waals surface area contributed by atoms with Gasteiger partial charge in [0.2, 0.25) is 0 Å². The number of hydrogen-bond donors (Lipinski definition) is 1. The lowest BCUT2D eigenvalue weighted by molar-refractivity contribution is 0.0946. The second kappa shape index (κ2) is 8.87. The Balaban J connectivity index is 1.97. The van der Waals surface area contributed by atoms with Crippen molar-refractivity contribution in [2.45, 2.75) is 13.5 Å². The number of amides is 1. The second-order valence-electron chi connectivity index (χ2n) is 7.45. The predicted molar refractivity (Wildman–Crippen MR) is 114 cm³/mol. The van der Waals surface area contributed by atoms with Gasteiger partial charge in [0, 0.05) is 50.2 Å². The third-order valence-electron chi connectivity index (χ3n) is 4.67. The van der Waals surface area contributed by atoms with E-state index in [1.54, 1.807) is 30.9 Å². The van der Waals surface area contributed by atoms with Gasteiger partial charge in [0.25, 0.3) is 11.5 Å². The molecule has 1 aromatic carbocycles. The predicted octanol–water partition coefficient (Wildman–Crippen LogP) is 1.90. The van der Waals surface area contributed by atoms with E-state index >= 15 is 0 Å². The van der Waals surface area contributed by atoms with Crippen LogP contribution in [-0.2, 0) is 13.6 Å². The molecule has 0 atom stereocenters. The van der Waals surface area contributed by atoms with E-state index in [1.807, 2.05) is 60.0 Å². The molecular formula is C22H27N5O2. The van der Waals surface area contributed by atoms with E-state index < -0.39 is 0 Å². The Morgan fingerprint density at radius 3 is 2.55 bits per heavy atom. The Bertz CT molecular complexity index is 1020. The molecule has 0 saturated heterocycles. The summed E-state index contributed by atoms with van der Waals surface area (Å²) >= 11 is 0. The topological polar surface area (TPSA) is 72.2 Å². The Morgan fingerprint density at radius 1 is 1.17 bits per heavy atom. The minimum absolute atomic E-state index is 0.0448. The zero-order valence-electron chi connectivity index (χ0n) is 17.3. The molecule has 1 N–H and O–H groups in total. The number of rotatable bonds is 7. The van der Waals surface area contributed by atoms with Crippen LogP contribution in [0.1, 0.15) is 21.6 Å². The Morgan fingerprint density at radius 2 is 1.90 bits per heavy atom. The number of aryl methyl sites for hydroxylation is 2. The molecule has 0 unspecified atom stereocenters. The molecule has 2 heterocycles.